The Labute approximate surface area is 173 Å². The molecule has 28 heavy (non-hydrogen) atoms. The molecule has 148 valence electrons. The largest absolute Gasteiger partial charge is 0.454 e. The Bertz CT molecular complexity index is 871. The lowest BCUT2D eigenvalue weighted by Crippen LogP contribution is -2.46. The standard InChI is InChI=1S/C20H20Cl2N2O4/c1-12(2)18(24-19(26)13-7-3-4-8-14(13)21)20(27)28-11-17(25)23-16-10-6-5-9-15(16)22/h3-10,12,18H,11H2,1-2H3,(H,23,25)(H,24,26)/t18-/m0/s1. The van der Waals surface area contributed by atoms with Gasteiger partial charge in [-0.3, -0.25) is 9.59 Å². The Hall–Kier alpha value is -2.57. The van der Waals surface area contributed by atoms with E-state index in [4.69, 9.17) is 27.9 Å². The van der Waals surface area contributed by atoms with Crippen molar-refractivity contribution in [1.29, 1.82) is 0 Å². The van der Waals surface area contributed by atoms with Crippen molar-refractivity contribution < 1.29 is 19.1 Å². The van der Waals surface area contributed by atoms with Crippen molar-refractivity contribution in [3.63, 3.8) is 0 Å². The molecule has 0 heterocycles. The monoisotopic (exact) mass is 422 g/mol. The number of carbonyl (C=O) groups is 3. The molecule has 2 amide bonds. The minimum Gasteiger partial charge on any atom is -0.454 e. The van der Waals surface area contributed by atoms with Gasteiger partial charge in [-0.1, -0.05) is 61.3 Å². The molecule has 1 atom stereocenters. The van der Waals surface area contributed by atoms with Gasteiger partial charge in [-0.25, -0.2) is 4.79 Å². The lowest BCUT2D eigenvalue weighted by atomic mass is 10.0. The van der Waals surface area contributed by atoms with Gasteiger partial charge in [-0.2, -0.15) is 0 Å². The molecule has 0 spiro atoms. The van der Waals surface area contributed by atoms with Crippen LogP contribution in [-0.4, -0.2) is 30.4 Å². The zero-order valence-electron chi connectivity index (χ0n) is 15.4. The highest BCUT2D eigenvalue weighted by Crippen LogP contribution is 2.20. The smallest absolute Gasteiger partial charge is 0.329 e. The molecular weight excluding hydrogens is 403 g/mol. The molecule has 0 aromatic heterocycles. The van der Waals surface area contributed by atoms with Crippen LogP contribution in [0.4, 0.5) is 5.69 Å². The quantitative estimate of drug-likeness (QED) is 0.661. The van der Waals surface area contributed by atoms with E-state index in [0.29, 0.717) is 10.7 Å². The molecule has 8 heteroatoms. The van der Waals surface area contributed by atoms with Crippen LogP contribution in [0.2, 0.25) is 10.0 Å². The number of benzene rings is 2. The van der Waals surface area contributed by atoms with E-state index in [-0.39, 0.29) is 16.5 Å². The lowest BCUT2D eigenvalue weighted by molar-refractivity contribution is -0.150. The fourth-order valence-electron chi connectivity index (χ4n) is 2.34. The van der Waals surface area contributed by atoms with Gasteiger partial charge in [0.2, 0.25) is 0 Å². The minimum atomic E-state index is -0.933. The number of halogens is 2. The van der Waals surface area contributed by atoms with Crippen molar-refractivity contribution in [3.05, 3.63) is 64.1 Å². The first-order chi connectivity index (χ1) is 13.3. The van der Waals surface area contributed by atoms with Gasteiger partial charge in [-0.15, -0.1) is 0 Å². The molecule has 2 rings (SSSR count). The van der Waals surface area contributed by atoms with E-state index in [9.17, 15) is 14.4 Å². The van der Waals surface area contributed by atoms with Crippen molar-refractivity contribution in [3.8, 4) is 0 Å². The molecule has 0 fully saturated rings. The van der Waals surface area contributed by atoms with Crippen LogP contribution >= 0.6 is 23.2 Å². The van der Waals surface area contributed by atoms with Crippen molar-refractivity contribution in [2.45, 2.75) is 19.9 Å². The number of amides is 2. The van der Waals surface area contributed by atoms with Crippen molar-refractivity contribution in [1.82, 2.24) is 5.32 Å². The first-order valence-corrected chi connectivity index (χ1v) is 9.31. The van der Waals surface area contributed by atoms with Gasteiger partial charge in [-0.05, 0) is 30.2 Å². The molecule has 0 aliphatic carbocycles. The number of nitrogens with one attached hydrogen (secondary N) is 2. The summed E-state index contributed by atoms with van der Waals surface area (Å²) in [6, 6.07) is 12.3. The topological polar surface area (TPSA) is 84.5 Å². The number of esters is 1. The molecule has 0 unspecified atom stereocenters. The average Bonchev–Trinajstić information content (AvgIpc) is 2.66. The van der Waals surface area contributed by atoms with Crippen LogP contribution in [0.3, 0.4) is 0 Å². The van der Waals surface area contributed by atoms with Crippen LogP contribution in [0, 0.1) is 5.92 Å². The first-order valence-electron chi connectivity index (χ1n) is 8.56. The number of hydrogen-bond donors (Lipinski definition) is 2. The maximum absolute atomic E-state index is 12.4. The van der Waals surface area contributed by atoms with Crippen molar-refractivity contribution in [2.75, 3.05) is 11.9 Å². The second kappa shape index (κ2) is 10.1. The van der Waals surface area contributed by atoms with Crippen LogP contribution in [-0.2, 0) is 14.3 Å². The molecule has 0 radical (unpaired) electrons. The van der Waals surface area contributed by atoms with Gasteiger partial charge in [0.05, 0.1) is 21.3 Å². The van der Waals surface area contributed by atoms with E-state index in [1.807, 2.05) is 0 Å². The highest BCUT2D eigenvalue weighted by atomic mass is 35.5. The van der Waals surface area contributed by atoms with Gasteiger partial charge < -0.3 is 15.4 Å². The highest BCUT2D eigenvalue weighted by molar-refractivity contribution is 6.34. The summed E-state index contributed by atoms with van der Waals surface area (Å²) in [5.41, 5.74) is 0.664. The maximum atomic E-state index is 12.4. The Morgan fingerprint density at radius 1 is 0.964 bits per heavy atom. The minimum absolute atomic E-state index is 0.249. The maximum Gasteiger partial charge on any atom is 0.329 e. The predicted octanol–water partition coefficient (Wildman–Crippen LogP) is 3.93. The third-order valence-corrected chi connectivity index (χ3v) is 4.48. The lowest BCUT2D eigenvalue weighted by Gasteiger charge is -2.21. The number of ether oxygens (including phenoxy) is 1. The molecule has 2 aromatic rings. The van der Waals surface area contributed by atoms with Gasteiger partial charge in [0.1, 0.15) is 6.04 Å². The Balaban J connectivity index is 1.95. The summed E-state index contributed by atoms with van der Waals surface area (Å²) in [5, 5.41) is 5.80. The van der Waals surface area contributed by atoms with Gasteiger partial charge in [0, 0.05) is 0 Å². The van der Waals surface area contributed by atoms with E-state index >= 15 is 0 Å². The van der Waals surface area contributed by atoms with E-state index in [1.54, 1.807) is 62.4 Å². The van der Waals surface area contributed by atoms with Crippen LogP contribution < -0.4 is 10.6 Å². The zero-order valence-corrected chi connectivity index (χ0v) is 16.9. The van der Waals surface area contributed by atoms with Crippen molar-refractivity contribution >= 4 is 46.7 Å². The highest BCUT2D eigenvalue weighted by Gasteiger charge is 2.27. The van der Waals surface area contributed by atoms with Gasteiger partial charge in [0.25, 0.3) is 11.8 Å². The summed E-state index contributed by atoms with van der Waals surface area (Å²) >= 11 is 12.0. The summed E-state index contributed by atoms with van der Waals surface area (Å²) in [6.07, 6.45) is 0. The average molecular weight is 423 g/mol. The Kier molecular flexibility index (Phi) is 7.84. The molecule has 6 nitrogen and oxygen atoms in total. The van der Waals surface area contributed by atoms with Crippen molar-refractivity contribution in [2.24, 2.45) is 5.92 Å². The molecule has 0 aliphatic rings. The molecular formula is C20H20Cl2N2O4. The summed E-state index contributed by atoms with van der Waals surface area (Å²) < 4.78 is 5.06. The van der Waals surface area contributed by atoms with E-state index in [2.05, 4.69) is 10.6 Å². The summed E-state index contributed by atoms with van der Waals surface area (Å²) in [7, 11) is 0. The first kappa shape index (κ1) is 21.7. The Morgan fingerprint density at radius 2 is 1.57 bits per heavy atom. The van der Waals surface area contributed by atoms with E-state index in [1.165, 1.54) is 0 Å². The van der Waals surface area contributed by atoms with Crippen LogP contribution in [0.1, 0.15) is 24.2 Å². The van der Waals surface area contributed by atoms with Crippen LogP contribution in [0.25, 0.3) is 0 Å². The summed E-state index contributed by atoms with van der Waals surface area (Å²) in [4.78, 5) is 36.8. The third kappa shape index (κ3) is 5.97. The molecule has 0 aliphatic heterocycles. The zero-order chi connectivity index (χ0) is 20.7. The number of para-hydroxylation sites is 1. The number of anilines is 1. The van der Waals surface area contributed by atoms with E-state index in [0.717, 1.165) is 0 Å². The normalized spacial score (nSPS) is 11.6. The SMILES string of the molecule is CC(C)[C@H](NC(=O)c1ccccc1Cl)C(=O)OCC(=O)Nc1ccccc1Cl. The second-order valence-corrected chi connectivity index (χ2v) is 7.13. The van der Waals surface area contributed by atoms with Crippen LogP contribution in [0.15, 0.2) is 48.5 Å². The Morgan fingerprint density at radius 3 is 2.18 bits per heavy atom. The van der Waals surface area contributed by atoms with Gasteiger partial charge in [0.15, 0.2) is 6.61 Å². The summed E-state index contributed by atoms with van der Waals surface area (Å²) in [5.74, 6) is -2.02. The third-order valence-electron chi connectivity index (χ3n) is 3.82. The predicted molar refractivity (Wildman–Crippen MR) is 109 cm³/mol. The molecule has 0 saturated carbocycles. The fraction of sp³-hybridized carbons (Fsp3) is 0.250. The molecule has 0 bridgehead atoms. The molecule has 0 saturated heterocycles. The summed E-state index contributed by atoms with van der Waals surface area (Å²) in [6.45, 7) is 3.00. The fourth-order valence-corrected chi connectivity index (χ4v) is 2.74. The molecule has 2 N–H and O–H groups in total. The van der Waals surface area contributed by atoms with Crippen LogP contribution in [0.5, 0.6) is 0 Å². The molecule has 2 aromatic carbocycles. The number of carbonyl (C=O) groups excluding carboxylic acids is 3. The number of rotatable bonds is 7. The van der Waals surface area contributed by atoms with Gasteiger partial charge >= 0.3 is 5.97 Å². The second-order valence-electron chi connectivity index (χ2n) is 6.31. The van der Waals surface area contributed by atoms with E-state index < -0.39 is 30.4 Å². The number of hydrogen-bond acceptors (Lipinski definition) is 4.